The van der Waals surface area contributed by atoms with Crippen molar-refractivity contribution in [2.45, 2.75) is 27.7 Å². The number of aryl methyl sites for hydroxylation is 1. The smallest absolute Gasteiger partial charge is 0.507 e. The first-order valence-electron chi connectivity index (χ1n) is 5.11. The zero-order valence-corrected chi connectivity index (χ0v) is 9.96. The number of phenols is 1. The molecule has 0 radical (unpaired) electrons. The second kappa shape index (κ2) is 4.88. The highest BCUT2D eigenvalue weighted by atomic mass is 16.7. The Balaban J connectivity index is 3.02. The summed E-state index contributed by atoms with van der Waals surface area (Å²) in [5, 5.41) is 9.68. The van der Waals surface area contributed by atoms with Gasteiger partial charge in [-0.25, -0.2) is 4.79 Å². The Labute approximate surface area is 94.8 Å². The highest BCUT2D eigenvalue weighted by Gasteiger charge is 2.13. The number of ether oxygens (including phenoxy) is 2. The van der Waals surface area contributed by atoms with Crippen LogP contribution < -0.4 is 4.74 Å². The molecule has 0 aliphatic heterocycles. The molecule has 88 valence electrons. The zero-order valence-electron chi connectivity index (χ0n) is 9.96. The molecule has 0 aromatic heterocycles. The predicted molar refractivity (Wildman–Crippen MR) is 60.0 cm³/mol. The van der Waals surface area contributed by atoms with E-state index in [9.17, 15) is 9.90 Å². The molecule has 0 aliphatic carbocycles. The average Bonchev–Trinajstić information content (AvgIpc) is 2.23. The summed E-state index contributed by atoms with van der Waals surface area (Å²) in [7, 11) is 0. The minimum atomic E-state index is -0.727. The standard InChI is InChI=1S/C12H16O4/c1-5-15-12(14)16-10-6-7(2)11(13)9(4)8(10)3/h6,13H,5H2,1-4H3. The average molecular weight is 224 g/mol. The summed E-state index contributed by atoms with van der Waals surface area (Å²) in [5.74, 6) is 0.653. The van der Waals surface area contributed by atoms with E-state index in [0.717, 1.165) is 5.56 Å². The number of carbonyl (C=O) groups excluding carboxylic acids is 1. The molecular formula is C12H16O4. The van der Waals surface area contributed by atoms with Crippen molar-refractivity contribution in [1.29, 1.82) is 0 Å². The highest BCUT2D eigenvalue weighted by molar-refractivity contribution is 5.66. The number of rotatable bonds is 2. The summed E-state index contributed by atoms with van der Waals surface area (Å²) in [4.78, 5) is 11.2. The Morgan fingerprint density at radius 1 is 1.31 bits per heavy atom. The van der Waals surface area contributed by atoms with Gasteiger partial charge in [-0.05, 0) is 50.5 Å². The van der Waals surface area contributed by atoms with Crippen LogP contribution in [0.25, 0.3) is 0 Å². The van der Waals surface area contributed by atoms with Crippen LogP contribution in [-0.4, -0.2) is 17.9 Å². The van der Waals surface area contributed by atoms with Crippen molar-refractivity contribution in [3.8, 4) is 11.5 Å². The summed E-state index contributed by atoms with van der Waals surface area (Å²) < 4.78 is 9.72. The van der Waals surface area contributed by atoms with Crippen LogP contribution in [0.1, 0.15) is 23.6 Å². The Bertz CT molecular complexity index is 410. The summed E-state index contributed by atoms with van der Waals surface area (Å²) in [6.07, 6.45) is -0.727. The van der Waals surface area contributed by atoms with Crippen LogP contribution in [0.3, 0.4) is 0 Å². The van der Waals surface area contributed by atoms with Gasteiger partial charge in [0.25, 0.3) is 0 Å². The fourth-order valence-electron chi connectivity index (χ4n) is 1.37. The molecule has 0 aliphatic rings. The van der Waals surface area contributed by atoms with E-state index in [0.29, 0.717) is 16.9 Å². The summed E-state index contributed by atoms with van der Waals surface area (Å²) in [6, 6.07) is 1.62. The lowest BCUT2D eigenvalue weighted by atomic mass is 10.0. The van der Waals surface area contributed by atoms with Gasteiger partial charge in [0, 0.05) is 0 Å². The molecule has 1 N–H and O–H groups in total. The Hall–Kier alpha value is -1.71. The number of phenolic OH excluding ortho intramolecular Hbond substituents is 1. The fraction of sp³-hybridized carbons (Fsp3) is 0.417. The van der Waals surface area contributed by atoms with Crippen molar-refractivity contribution in [2.24, 2.45) is 0 Å². The fourth-order valence-corrected chi connectivity index (χ4v) is 1.37. The molecule has 1 rings (SSSR count). The molecular weight excluding hydrogens is 208 g/mol. The van der Waals surface area contributed by atoms with Crippen LogP contribution in [0.5, 0.6) is 11.5 Å². The lowest BCUT2D eigenvalue weighted by molar-refractivity contribution is 0.104. The maximum absolute atomic E-state index is 11.2. The van der Waals surface area contributed by atoms with Crippen molar-refractivity contribution in [3.63, 3.8) is 0 Å². The van der Waals surface area contributed by atoms with E-state index in [1.165, 1.54) is 0 Å². The maximum Gasteiger partial charge on any atom is 0.513 e. The van der Waals surface area contributed by atoms with E-state index in [-0.39, 0.29) is 12.4 Å². The van der Waals surface area contributed by atoms with Gasteiger partial charge in [-0.15, -0.1) is 0 Å². The van der Waals surface area contributed by atoms with Crippen LogP contribution in [0.2, 0.25) is 0 Å². The van der Waals surface area contributed by atoms with Gasteiger partial charge < -0.3 is 14.6 Å². The molecule has 0 bridgehead atoms. The monoisotopic (exact) mass is 224 g/mol. The van der Waals surface area contributed by atoms with E-state index in [1.807, 2.05) is 0 Å². The van der Waals surface area contributed by atoms with E-state index in [2.05, 4.69) is 4.74 Å². The van der Waals surface area contributed by atoms with Gasteiger partial charge in [0.15, 0.2) is 0 Å². The molecule has 0 atom stereocenters. The van der Waals surface area contributed by atoms with Gasteiger partial charge >= 0.3 is 6.16 Å². The van der Waals surface area contributed by atoms with Crippen LogP contribution in [-0.2, 0) is 4.74 Å². The molecule has 1 aromatic rings. The van der Waals surface area contributed by atoms with Gasteiger partial charge in [0.05, 0.1) is 6.61 Å². The second-order valence-corrected chi connectivity index (χ2v) is 3.58. The summed E-state index contributed by atoms with van der Waals surface area (Å²) in [5.41, 5.74) is 2.11. The minimum absolute atomic E-state index is 0.230. The molecule has 0 unspecified atom stereocenters. The molecule has 0 fully saturated rings. The van der Waals surface area contributed by atoms with E-state index >= 15 is 0 Å². The molecule has 0 saturated heterocycles. The molecule has 0 saturated carbocycles. The van der Waals surface area contributed by atoms with Crippen molar-refractivity contribution in [2.75, 3.05) is 6.61 Å². The predicted octanol–water partition coefficient (Wildman–Crippen LogP) is 2.85. The summed E-state index contributed by atoms with van der Waals surface area (Å²) >= 11 is 0. The van der Waals surface area contributed by atoms with Crippen molar-refractivity contribution < 1.29 is 19.4 Å². The van der Waals surface area contributed by atoms with Crippen molar-refractivity contribution in [3.05, 3.63) is 22.8 Å². The van der Waals surface area contributed by atoms with Gasteiger partial charge in [-0.1, -0.05) is 0 Å². The number of benzene rings is 1. The topological polar surface area (TPSA) is 55.8 Å². The number of aromatic hydroxyl groups is 1. The molecule has 16 heavy (non-hydrogen) atoms. The second-order valence-electron chi connectivity index (χ2n) is 3.58. The third kappa shape index (κ3) is 2.45. The molecule has 0 heterocycles. The quantitative estimate of drug-likeness (QED) is 0.620. The lowest BCUT2D eigenvalue weighted by Gasteiger charge is -2.12. The van der Waals surface area contributed by atoms with E-state index in [1.54, 1.807) is 33.8 Å². The number of carbonyl (C=O) groups is 1. The minimum Gasteiger partial charge on any atom is -0.507 e. The molecule has 0 spiro atoms. The highest BCUT2D eigenvalue weighted by Crippen LogP contribution is 2.32. The molecule has 4 nitrogen and oxygen atoms in total. The Morgan fingerprint density at radius 2 is 1.94 bits per heavy atom. The summed E-state index contributed by atoms with van der Waals surface area (Å²) in [6.45, 7) is 7.29. The Kier molecular flexibility index (Phi) is 3.77. The maximum atomic E-state index is 11.2. The number of hydrogen-bond acceptors (Lipinski definition) is 4. The van der Waals surface area contributed by atoms with Crippen LogP contribution >= 0.6 is 0 Å². The third-order valence-electron chi connectivity index (χ3n) is 2.46. The zero-order chi connectivity index (χ0) is 12.3. The van der Waals surface area contributed by atoms with Gasteiger partial charge in [-0.3, -0.25) is 0 Å². The van der Waals surface area contributed by atoms with Crippen molar-refractivity contribution in [1.82, 2.24) is 0 Å². The first kappa shape index (κ1) is 12.4. The number of hydrogen-bond donors (Lipinski definition) is 1. The van der Waals surface area contributed by atoms with Gasteiger partial charge in [-0.2, -0.15) is 0 Å². The molecule has 1 aromatic carbocycles. The SMILES string of the molecule is CCOC(=O)Oc1cc(C)c(O)c(C)c1C. The first-order chi connectivity index (χ1) is 7.47. The van der Waals surface area contributed by atoms with Crippen LogP contribution in [0.4, 0.5) is 4.79 Å². The van der Waals surface area contributed by atoms with Crippen molar-refractivity contribution >= 4 is 6.16 Å². The lowest BCUT2D eigenvalue weighted by Crippen LogP contribution is -2.11. The molecule has 4 heteroatoms. The van der Waals surface area contributed by atoms with Crippen LogP contribution in [0, 0.1) is 20.8 Å². The first-order valence-corrected chi connectivity index (χ1v) is 5.11. The van der Waals surface area contributed by atoms with E-state index < -0.39 is 6.16 Å². The Morgan fingerprint density at radius 3 is 2.50 bits per heavy atom. The van der Waals surface area contributed by atoms with Crippen LogP contribution in [0.15, 0.2) is 6.07 Å². The normalized spacial score (nSPS) is 10.0. The molecule has 0 amide bonds. The van der Waals surface area contributed by atoms with E-state index in [4.69, 9.17) is 4.74 Å². The third-order valence-corrected chi connectivity index (χ3v) is 2.46. The van der Waals surface area contributed by atoms with Gasteiger partial charge in [0.1, 0.15) is 11.5 Å². The van der Waals surface area contributed by atoms with Gasteiger partial charge in [0.2, 0.25) is 0 Å². The largest absolute Gasteiger partial charge is 0.513 e.